The molecule has 0 aromatic heterocycles. The van der Waals surface area contributed by atoms with Crippen LogP contribution in [0.4, 0.5) is 16.2 Å². The molecule has 1 fully saturated rings. The number of hydrogen-bond acceptors (Lipinski definition) is 6. The summed E-state index contributed by atoms with van der Waals surface area (Å²) < 4.78 is 6.51. The highest BCUT2D eigenvalue weighted by Gasteiger charge is 2.36. The summed E-state index contributed by atoms with van der Waals surface area (Å²) in [4.78, 5) is 49.4. The number of aryl methyl sites for hydroxylation is 1. The number of carbonyl (C=O) groups is 3. The molecule has 1 saturated heterocycles. The summed E-state index contributed by atoms with van der Waals surface area (Å²) in [5.74, 6) is -0.946. The van der Waals surface area contributed by atoms with Gasteiger partial charge in [-0.15, -0.1) is 0 Å². The lowest BCUT2D eigenvalue weighted by Crippen LogP contribution is -2.54. The van der Waals surface area contributed by atoms with Crippen LogP contribution in [0, 0.1) is 13.7 Å². The number of non-ortho nitro benzene ring substituents is 1. The number of imide groups is 2. The molecule has 10 heteroatoms. The Kier molecular flexibility index (Phi) is 7.44. The fraction of sp³-hybridized carbons (Fsp3) is 0.115. The lowest BCUT2D eigenvalue weighted by Gasteiger charge is -2.26. The van der Waals surface area contributed by atoms with Gasteiger partial charge in [0, 0.05) is 12.1 Å². The van der Waals surface area contributed by atoms with Gasteiger partial charge in [0.25, 0.3) is 17.5 Å². The Morgan fingerprint density at radius 1 is 1.03 bits per heavy atom. The molecule has 0 aliphatic carbocycles. The second-order valence-corrected chi connectivity index (χ2v) is 9.05. The zero-order valence-electron chi connectivity index (χ0n) is 19.1. The van der Waals surface area contributed by atoms with Crippen molar-refractivity contribution < 1.29 is 24.0 Å². The van der Waals surface area contributed by atoms with Crippen molar-refractivity contribution in [1.29, 1.82) is 0 Å². The van der Waals surface area contributed by atoms with Gasteiger partial charge in [-0.05, 0) is 76.0 Å². The van der Waals surface area contributed by atoms with E-state index in [-0.39, 0.29) is 17.9 Å². The molecule has 0 spiro atoms. The maximum absolute atomic E-state index is 13.1. The van der Waals surface area contributed by atoms with E-state index < -0.39 is 22.8 Å². The van der Waals surface area contributed by atoms with Gasteiger partial charge in [0.15, 0.2) is 0 Å². The summed E-state index contributed by atoms with van der Waals surface area (Å²) in [6.07, 6.45) is 2.23. The summed E-state index contributed by atoms with van der Waals surface area (Å²) in [7, 11) is 0. The topological polar surface area (TPSA) is 119 Å². The largest absolute Gasteiger partial charge is 0.488 e. The highest BCUT2D eigenvalue weighted by atomic mass is 127. The third kappa shape index (κ3) is 5.43. The Labute approximate surface area is 220 Å². The standard InChI is InChI=1S/C26H20IN3O6/c1-2-16-6-9-19(10-7-16)29-25(32)21(24(31)28-26(29)33)13-17-8-11-23(22(27)14-17)36-15-18-4-3-5-20(12-18)30(34)35/h3-14H,2,15H2,1H3,(H,28,31,33)/b21-13-. The Balaban J connectivity index is 1.53. The number of nitrogens with one attached hydrogen (secondary N) is 1. The van der Waals surface area contributed by atoms with Crippen LogP contribution in [-0.4, -0.2) is 22.8 Å². The highest BCUT2D eigenvalue weighted by Crippen LogP contribution is 2.27. The third-order valence-electron chi connectivity index (χ3n) is 5.49. The van der Waals surface area contributed by atoms with Crippen molar-refractivity contribution in [3.63, 3.8) is 0 Å². The monoisotopic (exact) mass is 597 g/mol. The van der Waals surface area contributed by atoms with Crippen molar-refractivity contribution in [1.82, 2.24) is 5.32 Å². The van der Waals surface area contributed by atoms with Gasteiger partial charge in [0.2, 0.25) is 0 Å². The molecular weight excluding hydrogens is 577 g/mol. The van der Waals surface area contributed by atoms with Crippen LogP contribution in [0.2, 0.25) is 0 Å². The van der Waals surface area contributed by atoms with E-state index >= 15 is 0 Å². The average Bonchev–Trinajstić information content (AvgIpc) is 2.86. The molecule has 4 amide bonds. The first-order chi connectivity index (χ1) is 17.3. The van der Waals surface area contributed by atoms with Crippen molar-refractivity contribution in [3.8, 4) is 5.75 Å². The number of hydrogen-bond donors (Lipinski definition) is 1. The lowest BCUT2D eigenvalue weighted by molar-refractivity contribution is -0.384. The number of halogens is 1. The summed E-state index contributed by atoms with van der Waals surface area (Å²) in [5.41, 5.74) is 2.45. The van der Waals surface area contributed by atoms with Gasteiger partial charge >= 0.3 is 6.03 Å². The van der Waals surface area contributed by atoms with Gasteiger partial charge in [-0.1, -0.05) is 37.3 Å². The van der Waals surface area contributed by atoms with Gasteiger partial charge in [0.05, 0.1) is 14.2 Å². The maximum atomic E-state index is 13.1. The van der Waals surface area contributed by atoms with E-state index in [0.29, 0.717) is 26.1 Å². The van der Waals surface area contributed by atoms with Crippen LogP contribution in [0.15, 0.2) is 72.3 Å². The van der Waals surface area contributed by atoms with Crippen LogP contribution in [-0.2, 0) is 22.6 Å². The van der Waals surface area contributed by atoms with Crippen molar-refractivity contribution >= 4 is 57.9 Å². The molecule has 182 valence electrons. The zero-order valence-corrected chi connectivity index (χ0v) is 21.2. The number of barbiturate groups is 1. The molecule has 0 radical (unpaired) electrons. The first-order valence-corrected chi connectivity index (χ1v) is 12.0. The van der Waals surface area contributed by atoms with Crippen LogP contribution in [0.3, 0.4) is 0 Å². The molecule has 4 rings (SSSR count). The number of nitro groups is 1. The number of urea groups is 1. The lowest BCUT2D eigenvalue weighted by atomic mass is 10.1. The SMILES string of the molecule is CCc1ccc(N2C(=O)NC(=O)/C(=C/c3ccc(OCc4cccc([N+](=O)[O-])c4)c(I)c3)C2=O)cc1. The van der Waals surface area contributed by atoms with Gasteiger partial charge in [-0.3, -0.25) is 25.0 Å². The van der Waals surface area contributed by atoms with Crippen LogP contribution in [0.5, 0.6) is 5.75 Å². The predicted octanol–water partition coefficient (Wildman–Crippen LogP) is 5.01. The van der Waals surface area contributed by atoms with E-state index in [9.17, 15) is 24.5 Å². The number of carbonyl (C=O) groups excluding carboxylic acids is 3. The third-order valence-corrected chi connectivity index (χ3v) is 6.33. The Hall–Kier alpha value is -4.06. The van der Waals surface area contributed by atoms with Crippen molar-refractivity contribution in [2.45, 2.75) is 20.0 Å². The van der Waals surface area contributed by atoms with Crippen molar-refractivity contribution in [2.75, 3.05) is 4.90 Å². The van der Waals surface area contributed by atoms with Crippen molar-refractivity contribution in [2.24, 2.45) is 0 Å². The molecule has 0 saturated carbocycles. The number of benzene rings is 3. The summed E-state index contributed by atoms with van der Waals surface area (Å²) in [6.45, 7) is 2.13. The van der Waals surface area contributed by atoms with Crippen LogP contribution in [0.1, 0.15) is 23.6 Å². The molecule has 1 aliphatic heterocycles. The van der Waals surface area contributed by atoms with Crippen molar-refractivity contribution in [3.05, 3.63) is 103 Å². The van der Waals surface area contributed by atoms with E-state index in [4.69, 9.17) is 4.74 Å². The second kappa shape index (κ2) is 10.7. The highest BCUT2D eigenvalue weighted by molar-refractivity contribution is 14.1. The fourth-order valence-electron chi connectivity index (χ4n) is 3.58. The predicted molar refractivity (Wildman–Crippen MR) is 141 cm³/mol. The minimum atomic E-state index is -0.800. The molecule has 3 aromatic rings. The number of amides is 4. The van der Waals surface area contributed by atoms with Crippen LogP contribution < -0.4 is 15.0 Å². The normalized spacial score (nSPS) is 14.7. The number of nitrogens with zero attached hydrogens (tertiary/aromatic N) is 2. The van der Waals surface area contributed by atoms with E-state index in [1.165, 1.54) is 18.2 Å². The maximum Gasteiger partial charge on any atom is 0.335 e. The minimum Gasteiger partial charge on any atom is -0.488 e. The molecule has 3 aromatic carbocycles. The van der Waals surface area contributed by atoms with Gasteiger partial charge in [-0.2, -0.15) is 0 Å². The average molecular weight is 597 g/mol. The van der Waals surface area contributed by atoms with Gasteiger partial charge in [0.1, 0.15) is 17.9 Å². The molecular formula is C26H20IN3O6. The van der Waals surface area contributed by atoms with Crippen LogP contribution in [0.25, 0.3) is 6.08 Å². The number of anilines is 1. The molecule has 1 aliphatic rings. The van der Waals surface area contributed by atoms with E-state index in [1.54, 1.807) is 42.5 Å². The fourth-order valence-corrected chi connectivity index (χ4v) is 4.28. The minimum absolute atomic E-state index is 0.0166. The number of ether oxygens (including phenoxy) is 1. The first-order valence-electron chi connectivity index (χ1n) is 10.9. The smallest absolute Gasteiger partial charge is 0.335 e. The number of nitro benzene ring substituents is 1. The Morgan fingerprint density at radius 3 is 2.44 bits per heavy atom. The quantitative estimate of drug-likeness (QED) is 0.135. The Morgan fingerprint density at radius 2 is 1.78 bits per heavy atom. The molecule has 0 unspecified atom stereocenters. The van der Waals surface area contributed by atoms with Crippen LogP contribution >= 0.6 is 22.6 Å². The molecule has 0 bridgehead atoms. The summed E-state index contributed by atoms with van der Waals surface area (Å²) in [5, 5.41) is 13.2. The van der Waals surface area contributed by atoms with E-state index in [1.807, 2.05) is 19.1 Å². The first kappa shape index (κ1) is 25.0. The molecule has 9 nitrogen and oxygen atoms in total. The summed E-state index contributed by atoms with van der Waals surface area (Å²) >= 11 is 2.06. The van der Waals surface area contributed by atoms with E-state index in [2.05, 4.69) is 27.9 Å². The van der Waals surface area contributed by atoms with E-state index in [0.717, 1.165) is 16.9 Å². The Bertz CT molecular complexity index is 1400. The molecule has 1 heterocycles. The van der Waals surface area contributed by atoms with Gasteiger partial charge < -0.3 is 4.74 Å². The van der Waals surface area contributed by atoms with Gasteiger partial charge in [-0.25, -0.2) is 9.69 Å². The second-order valence-electron chi connectivity index (χ2n) is 7.88. The molecule has 36 heavy (non-hydrogen) atoms. The molecule has 0 atom stereocenters. The zero-order chi connectivity index (χ0) is 25.8. The summed E-state index contributed by atoms with van der Waals surface area (Å²) in [6, 6.07) is 17.5. The number of rotatable bonds is 7. The molecule has 1 N–H and O–H groups in total.